The maximum absolute atomic E-state index is 6.12. The third-order valence-electron chi connectivity index (χ3n) is 0.246. The minimum atomic E-state index is 2.04. The molecule has 0 aliphatic rings. The van der Waals surface area contributed by atoms with Crippen LogP contribution in [-0.4, -0.2) is 0 Å². The number of nitrogens with two attached hydrogens (primary N) is 1. The van der Waals surface area contributed by atoms with Crippen molar-refractivity contribution in [3.05, 3.63) is 0 Å². The summed E-state index contributed by atoms with van der Waals surface area (Å²) in [5.41, 5.74) is 14.6. The van der Waals surface area contributed by atoms with Gasteiger partial charge in [0.25, 0.3) is 0 Å². The van der Waals surface area contributed by atoms with Crippen LogP contribution >= 0.6 is 0 Å². The molecule has 42 valence electrons. The molecule has 0 amide bonds. The second-order valence-corrected chi connectivity index (χ2v) is 0.618. The summed E-state index contributed by atoms with van der Waals surface area (Å²) in [6.07, 6.45) is 0. The Morgan fingerprint density at radius 2 is 2.14 bits per heavy atom. The van der Waals surface area contributed by atoms with Crippen LogP contribution in [0, 0.1) is 5.53 Å². The van der Waals surface area contributed by atoms with Gasteiger partial charge in [0.2, 0.25) is 0 Å². The normalized spacial score (nSPS) is 8.14. The second kappa shape index (κ2) is 5.24. The molecule has 0 saturated carbocycles. The molecule has 0 radical (unpaired) electrons. The van der Waals surface area contributed by atoms with Gasteiger partial charge < -0.3 is 0 Å². The van der Waals surface area contributed by atoms with Gasteiger partial charge in [-0.3, -0.25) is 5.84 Å². The fourth-order valence-corrected chi connectivity index (χ4v) is 0.0920. The summed E-state index contributed by atoms with van der Waals surface area (Å²) in [4.78, 5) is 0. The summed E-state index contributed by atoms with van der Waals surface area (Å²) in [5, 5.41) is 2.70. The first-order chi connectivity index (χ1) is 3.41. The van der Waals surface area contributed by atoms with Crippen LogP contribution in [0.1, 0.15) is 0 Å². The van der Waals surface area contributed by atoms with Gasteiger partial charge in [-0.15, -0.1) is 5.53 Å². The molecule has 0 unspecified atom stereocenters. The quantitative estimate of drug-likeness (QED) is 0.106. The lowest BCUT2D eigenvalue weighted by Crippen LogP contribution is -2.51. The highest BCUT2D eigenvalue weighted by Gasteiger charge is 1.66. The van der Waals surface area contributed by atoms with Gasteiger partial charge >= 0.3 is 0 Å². The van der Waals surface area contributed by atoms with Crippen molar-refractivity contribution in [2.75, 3.05) is 0 Å². The fourth-order valence-electron chi connectivity index (χ4n) is 0.0920. The van der Waals surface area contributed by atoms with Gasteiger partial charge in [-0.2, -0.15) is 16.6 Å². The van der Waals surface area contributed by atoms with Crippen molar-refractivity contribution in [3.63, 3.8) is 0 Å². The lowest BCUT2D eigenvalue weighted by Gasteiger charge is -1.99. The maximum Gasteiger partial charge on any atom is -0.0656 e. The molecule has 0 aromatic carbocycles. The molecule has 7 heteroatoms. The van der Waals surface area contributed by atoms with E-state index in [4.69, 9.17) is 11.4 Å². The van der Waals surface area contributed by atoms with E-state index in [-0.39, 0.29) is 0 Å². The third kappa shape index (κ3) is 5.24. The van der Waals surface area contributed by atoms with Gasteiger partial charge in [0.05, 0.1) is 0 Å². The van der Waals surface area contributed by atoms with Crippen molar-refractivity contribution in [1.29, 1.82) is 5.53 Å². The van der Waals surface area contributed by atoms with E-state index in [1.807, 2.05) is 11.1 Å². The molecule has 0 rings (SSSR count). The minimum Gasteiger partial charge on any atom is -0.257 e. The Hall–Kier alpha value is -0.760. The molecular weight excluding hydrogens is 98.0 g/mol. The average Bonchev–Trinajstić information content (AvgIpc) is 1.69. The molecular formula is H7N7. The van der Waals surface area contributed by atoms with Crippen molar-refractivity contribution in [3.8, 4) is 0 Å². The van der Waals surface area contributed by atoms with Gasteiger partial charge in [0.1, 0.15) is 0 Å². The van der Waals surface area contributed by atoms with E-state index in [1.165, 1.54) is 0 Å². The van der Waals surface area contributed by atoms with Crippen molar-refractivity contribution in [2.24, 2.45) is 11.1 Å². The SMILES string of the molecule is N=NNNNNN. The lowest BCUT2D eigenvalue weighted by molar-refractivity contribution is 0.370. The zero-order valence-corrected chi connectivity index (χ0v) is 3.52. The van der Waals surface area contributed by atoms with E-state index in [1.54, 1.807) is 0 Å². The van der Waals surface area contributed by atoms with Gasteiger partial charge in [0, 0.05) is 0 Å². The van der Waals surface area contributed by atoms with E-state index < -0.39 is 0 Å². The van der Waals surface area contributed by atoms with E-state index in [0.717, 1.165) is 0 Å². The number of nitrogens with one attached hydrogen (secondary N) is 5. The summed E-state index contributed by atoms with van der Waals surface area (Å²) in [6.45, 7) is 0. The van der Waals surface area contributed by atoms with Crippen molar-refractivity contribution in [1.82, 2.24) is 22.1 Å². The number of rotatable bonds is 4. The Balaban J connectivity index is 2.56. The van der Waals surface area contributed by atoms with E-state index in [9.17, 15) is 0 Å². The molecule has 0 aromatic heterocycles. The monoisotopic (exact) mass is 105 g/mol. The summed E-state index contributed by atoms with van der Waals surface area (Å²) < 4.78 is 0. The molecule has 0 atom stereocenters. The zero-order valence-electron chi connectivity index (χ0n) is 3.52. The highest BCUT2D eigenvalue weighted by Crippen LogP contribution is 1.34. The Morgan fingerprint density at radius 1 is 1.43 bits per heavy atom. The first kappa shape index (κ1) is 6.24. The van der Waals surface area contributed by atoms with Gasteiger partial charge in [0.15, 0.2) is 0 Å². The van der Waals surface area contributed by atoms with Crippen molar-refractivity contribution < 1.29 is 0 Å². The van der Waals surface area contributed by atoms with Crippen LogP contribution in [0.4, 0.5) is 0 Å². The summed E-state index contributed by atoms with van der Waals surface area (Å²) in [5.74, 6) is 4.70. The first-order valence-electron chi connectivity index (χ1n) is 1.49. The molecule has 7 heavy (non-hydrogen) atoms. The molecule has 0 spiro atoms. The summed E-state index contributed by atoms with van der Waals surface area (Å²) in [6, 6.07) is 0. The maximum atomic E-state index is 6.12. The van der Waals surface area contributed by atoms with Crippen LogP contribution in [0.2, 0.25) is 0 Å². The van der Waals surface area contributed by atoms with Crippen LogP contribution < -0.4 is 28.0 Å². The topological polar surface area (TPSA) is 110 Å². The predicted molar refractivity (Wildman–Crippen MR) is 21.9 cm³/mol. The third-order valence-corrected chi connectivity index (χ3v) is 0.246. The smallest absolute Gasteiger partial charge is 0.0656 e. The zero-order chi connectivity index (χ0) is 5.54. The molecule has 0 fully saturated rings. The number of hydrogen-bond acceptors (Lipinski definition) is 6. The molecule has 0 bridgehead atoms. The number of hydrogen-bond donors (Lipinski definition) is 6. The number of hydrazine groups is 4. The van der Waals surface area contributed by atoms with Crippen LogP contribution in [-0.2, 0) is 0 Å². The Bertz CT molecular complexity index is 37.3. The second-order valence-electron chi connectivity index (χ2n) is 0.618. The predicted octanol–water partition coefficient (Wildman–Crippen LogP) is -2.09. The molecule has 7 N–H and O–H groups in total. The standard InChI is InChI=1S/H7N7/c1-3-5-7-6-4-2/h(H2,3,4,7)(H5,1,2,5,6). The van der Waals surface area contributed by atoms with Crippen molar-refractivity contribution in [2.45, 2.75) is 0 Å². The molecule has 7 nitrogen and oxygen atoms in total. The van der Waals surface area contributed by atoms with Gasteiger partial charge in [-0.1, -0.05) is 5.22 Å². The van der Waals surface area contributed by atoms with Crippen LogP contribution in [0.25, 0.3) is 0 Å². The minimum absolute atomic E-state index is 2.04. The largest absolute Gasteiger partial charge is 0.257 e. The van der Waals surface area contributed by atoms with E-state index >= 15 is 0 Å². The van der Waals surface area contributed by atoms with Crippen LogP contribution in [0.5, 0.6) is 0 Å². The molecule has 0 aromatic rings. The highest BCUT2D eigenvalue weighted by molar-refractivity contribution is 4.02. The summed E-state index contributed by atoms with van der Waals surface area (Å²) >= 11 is 0. The van der Waals surface area contributed by atoms with Crippen LogP contribution in [0.15, 0.2) is 5.22 Å². The fraction of sp³-hybridized carbons (Fsp3) is 0. The van der Waals surface area contributed by atoms with E-state index in [0.29, 0.717) is 0 Å². The highest BCUT2D eigenvalue weighted by atomic mass is 15.8. The molecule has 0 aliphatic heterocycles. The Labute approximate surface area is 40.0 Å². The van der Waals surface area contributed by atoms with Gasteiger partial charge in [-0.05, 0) is 0 Å². The molecule has 0 aliphatic carbocycles. The average molecular weight is 105 g/mol. The van der Waals surface area contributed by atoms with Crippen LogP contribution in [0.3, 0.4) is 0 Å². The lowest BCUT2D eigenvalue weighted by atomic mass is 12.2. The Kier molecular flexibility index (Phi) is 4.67. The van der Waals surface area contributed by atoms with Gasteiger partial charge in [-0.25, -0.2) is 5.53 Å². The van der Waals surface area contributed by atoms with E-state index in [2.05, 4.69) is 16.3 Å². The first-order valence-corrected chi connectivity index (χ1v) is 1.49. The summed E-state index contributed by atoms with van der Waals surface area (Å²) in [7, 11) is 0. The Morgan fingerprint density at radius 3 is 2.57 bits per heavy atom. The van der Waals surface area contributed by atoms with Crippen molar-refractivity contribution >= 4 is 0 Å². The number of nitrogens with zero attached hydrogens (tertiary/aromatic N) is 1. The molecule has 0 heterocycles. The molecule has 0 saturated heterocycles.